The van der Waals surface area contributed by atoms with Crippen molar-refractivity contribution in [3.05, 3.63) is 15.5 Å². The summed E-state index contributed by atoms with van der Waals surface area (Å²) in [6, 6.07) is 0.324. The minimum atomic E-state index is 0.265. The molecule has 102 valence electrons. The Hall–Kier alpha value is -0.200. The molecule has 0 bridgehead atoms. The van der Waals surface area contributed by atoms with Gasteiger partial charge in [-0.2, -0.15) is 0 Å². The lowest BCUT2D eigenvalue weighted by atomic mass is 10.1. The number of halogens is 1. The molecule has 4 nitrogen and oxygen atoms in total. The number of hydrogen-bond acceptors (Lipinski definition) is 5. The van der Waals surface area contributed by atoms with Crippen LogP contribution >= 0.6 is 22.9 Å². The molecule has 1 aliphatic heterocycles. The third kappa shape index (κ3) is 3.65. The average molecular weight is 290 g/mol. The van der Waals surface area contributed by atoms with Crippen molar-refractivity contribution in [2.24, 2.45) is 0 Å². The summed E-state index contributed by atoms with van der Waals surface area (Å²) in [6.45, 7) is 7.50. The minimum absolute atomic E-state index is 0.265. The molecule has 1 fully saturated rings. The van der Waals surface area contributed by atoms with Crippen molar-refractivity contribution < 1.29 is 5.11 Å². The number of nitrogens with zero attached hydrogens (tertiary/aromatic N) is 3. The van der Waals surface area contributed by atoms with Crippen molar-refractivity contribution >= 4 is 22.9 Å². The molecule has 1 aromatic rings. The Bertz CT molecular complexity index is 362. The Morgan fingerprint density at radius 3 is 2.67 bits per heavy atom. The van der Waals surface area contributed by atoms with Gasteiger partial charge in [0.2, 0.25) is 0 Å². The molecule has 2 rings (SSSR count). The van der Waals surface area contributed by atoms with Crippen molar-refractivity contribution in [1.82, 2.24) is 14.8 Å². The molecular formula is C12H20ClN3OS. The second kappa shape index (κ2) is 6.82. The van der Waals surface area contributed by atoms with Crippen molar-refractivity contribution in [2.75, 3.05) is 32.8 Å². The first-order valence-corrected chi connectivity index (χ1v) is 7.59. The molecule has 0 saturated carbocycles. The first-order valence-electron chi connectivity index (χ1n) is 6.40. The van der Waals surface area contributed by atoms with Crippen molar-refractivity contribution in [1.29, 1.82) is 0 Å². The van der Waals surface area contributed by atoms with Crippen LogP contribution in [0.25, 0.3) is 0 Å². The van der Waals surface area contributed by atoms with Crippen LogP contribution in [0.3, 0.4) is 0 Å². The van der Waals surface area contributed by atoms with Gasteiger partial charge in [0.05, 0.1) is 6.61 Å². The maximum absolute atomic E-state index is 9.31. The zero-order valence-corrected chi connectivity index (χ0v) is 12.3. The number of piperazine rings is 1. The summed E-state index contributed by atoms with van der Waals surface area (Å²) in [7, 11) is 0. The van der Waals surface area contributed by atoms with E-state index < -0.39 is 0 Å². The third-order valence-corrected chi connectivity index (χ3v) is 4.61. The van der Waals surface area contributed by atoms with Crippen molar-refractivity contribution in [3.8, 4) is 0 Å². The lowest BCUT2D eigenvalue weighted by Crippen LogP contribution is -2.50. The first-order chi connectivity index (χ1) is 8.72. The first kappa shape index (κ1) is 14.2. The van der Waals surface area contributed by atoms with E-state index in [1.165, 1.54) is 4.88 Å². The summed E-state index contributed by atoms with van der Waals surface area (Å²) >= 11 is 7.39. The smallest absolute Gasteiger partial charge is 0.183 e. The SMILES string of the molecule is CCC(CO)N1CCN(Cc2cnc(Cl)s2)CC1. The highest BCUT2D eigenvalue weighted by molar-refractivity contribution is 7.15. The summed E-state index contributed by atoms with van der Waals surface area (Å²) < 4.78 is 0.620. The summed E-state index contributed by atoms with van der Waals surface area (Å²) in [5.41, 5.74) is 0. The molecule has 1 atom stereocenters. The van der Waals surface area contributed by atoms with Gasteiger partial charge in [-0.1, -0.05) is 18.5 Å². The molecule has 2 heterocycles. The van der Waals surface area contributed by atoms with E-state index in [-0.39, 0.29) is 6.61 Å². The Balaban J connectivity index is 1.79. The van der Waals surface area contributed by atoms with E-state index in [2.05, 4.69) is 21.7 Å². The molecule has 1 unspecified atom stereocenters. The van der Waals surface area contributed by atoms with Crippen LogP contribution < -0.4 is 0 Å². The van der Waals surface area contributed by atoms with Gasteiger partial charge in [0, 0.05) is 49.8 Å². The quantitative estimate of drug-likeness (QED) is 0.895. The fourth-order valence-electron chi connectivity index (χ4n) is 2.37. The normalized spacial score (nSPS) is 20.2. The van der Waals surface area contributed by atoms with Gasteiger partial charge in [-0.3, -0.25) is 9.80 Å². The number of rotatable bonds is 5. The summed E-state index contributed by atoms with van der Waals surface area (Å²) in [4.78, 5) is 10.1. The molecule has 1 aliphatic rings. The number of hydrogen-bond donors (Lipinski definition) is 1. The number of aliphatic hydroxyl groups is 1. The van der Waals surface area contributed by atoms with Crippen LogP contribution in [-0.2, 0) is 6.54 Å². The Morgan fingerprint density at radius 1 is 1.44 bits per heavy atom. The topological polar surface area (TPSA) is 39.6 Å². The van der Waals surface area contributed by atoms with Crippen molar-refractivity contribution in [2.45, 2.75) is 25.9 Å². The molecule has 0 spiro atoms. The Kier molecular flexibility index (Phi) is 5.38. The standard InChI is InChI=1S/C12H20ClN3OS/c1-2-10(9-17)16-5-3-15(4-6-16)8-11-7-14-12(13)18-11/h7,10,17H,2-6,8-9H2,1H3. The van der Waals surface area contributed by atoms with Gasteiger partial charge in [0.15, 0.2) is 4.47 Å². The average Bonchev–Trinajstić information content (AvgIpc) is 2.78. The second-order valence-electron chi connectivity index (χ2n) is 4.64. The van der Waals surface area contributed by atoms with E-state index in [0.717, 1.165) is 39.1 Å². The molecule has 0 aliphatic carbocycles. The molecule has 0 aromatic carbocycles. The van der Waals surface area contributed by atoms with Crippen LogP contribution in [0.5, 0.6) is 0 Å². The Labute approximate surface area is 117 Å². The van der Waals surface area contributed by atoms with Gasteiger partial charge in [-0.05, 0) is 6.42 Å². The highest BCUT2D eigenvalue weighted by Gasteiger charge is 2.22. The largest absolute Gasteiger partial charge is 0.395 e. The van der Waals surface area contributed by atoms with Gasteiger partial charge in [0.1, 0.15) is 0 Å². The minimum Gasteiger partial charge on any atom is -0.395 e. The van der Waals surface area contributed by atoms with Crippen LogP contribution in [0.15, 0.2) is 6.20 Å². The van der Waals surface area contributed by atoms with Gasteiger partial charge in [-0.25, -0.2) is 4.98 Å². The Morgan fingerprint density at radius 2 is 2.17 bits per heavy atom. The lowest BCUT2D eigenvalue weighted by molar-refractivity contribution is 0.0612. The maximum atomic E-state index is 9.31. The predicted molar refractivity (Wildman–Crippen MR) is 75.1 cm³/mol. The summed E-state index contributed by atoms with van der Waals surface area (Å²) in [5.74, 6) is 0. The molecule has 0 amide bonds. The van der Waals surface area contributed by atoms with E-state index in [4.69, 9.17) is 11.6 Å². The third-order valence-electron chi connectivity index (χ3n) is 3.51. The zero-order valence-electron chi connectivity index (χ0n) is 10.7. The van der Waals surface area contributed by atoms with E-state index in [9.17, 15) is 5.11 Å². The molecule has 18 heavy (non-hydrogen) atoms. The molecule has 1 aromatic heterocycles. The molecular weight excluding hydrogens is 270 g/mol. The van der Waals surface area contributed by atoms with Crippen LogP contribution in [0, 0.1) is 0 Å². The fraction of sp³-hybridized carbons (Fsp3) is 0.750. The van der Waals surface area contributed by atoms with Crippen LogP contribution in [-0.4, -0.2) is 58.7 Å². The van der Waals surface area contributed by atoms with Crippen LogP contribution in [0.2, 0.25) is 4.47 Å². The van der Waals surface area contributed by atoms with Crippen molar-refractivity contribution in [3.63, 3.8) is 0 Å². The number of aliphatic hydroxyl groups excluding tert-OH is 1. The van der Waals surface area contributed by atoms with Gasteiger partial charge in [-0.15, -0.1) is 11.3 Å². The van der Waals surface area contributed by atoms with E-state index in [1.807, 2.05) is 6.20 Å². The molecule has 1 saturated heterocycles. The fourth-order valence-corrected chi connectivity index (χ4v) is 3.39. The predicted octanol–water partition coefficient (Wildman–Crippen LogP) is 1.68. The molecule has 1 N–H and O–H groups in total. The second-order valence-corrected chi connectivity index (χ2v) is 6.33. The highest BCUT2D eigenvalue weighted by Crippen LogP contribution is 2.20. The number of aromatic nitrogens is 1. The summed E-state index contributed by atoms with van der Waals surface area (Å²) in [5, 5.41) is 9.31. The monoisotopic (exact) mass is 289 g/mol. The van der Waals surface area contributed by atoms with E-state index in [0.29, 0.717) is 10.5 Å². The van der Waals surface area contributed by atoms with E-state index in [1.54, 1.807) is 11.3 Å². The molecule has 6 heteroatoms. The lowest BCUT2D eigenvalue weighted by Gasteiger charge is -2.38. The van der Waals surface area contributed by atoms with Gasteiger partial charge < -0.3 is 5.11 Å². The summed E-state index contributed by atoms with van der Waals surface area (Å²) in [6.07, 6.45) is 2.88. The molecule has 0 radical (unpaired) electrons. The van der Waals surface area contributed by atoms with Crippen LogP contribution in [0.4, 0.5) is 0 Å². The van der Waals surface area contributed by atoms with Crippen LogP contribution in [0.1, 0.15) is 18.2 Å². The zero-order chi connectivity index (χ0) is 13.0. The maximum Gasteiger partial charge on any atom is 0.183 e. The number of thiazole rings is 1. The van der Waals surface area contributed by atoms with Gasteiger partial charge >= 0.3 is 0 Å². The van der Waals surface area contributed by atoms with E-state index >= 15 is 0 Å². The van der Waals surface area contributed by atoms with Gasteiger partial charge in [0.25, 0.3) is 0 Å². The highest BCUT2D eigenvalue weighted by atomic mass is 35.5.